The standard InChI is InChI=1S/C61H44/c1-3-61(4-2)57-34-42(51-36-53-45-28-16-14-26-43(45)50(39-20-8-5-9-21-39)35-52(53)46-29-17-15-27-44(46)51)32-33-47(57)54-37-55-56(38-58(54)61)60(41-24-12-7-13-25-41)49-31-19-18-30-48(49)59(55)40-22-10-6-11-23-40/h5-38H,3-4H2,1-2H3. The van der Waals surface area contributed by atoms with E-state index in [4.69, 9.17) is 0 Å². The molecule has 0 nitrogen and oxygen atoms in total. The summed E-state index contributed by atoms with van der Waals surface area (Å²) in [6.07, 6.45) is 2.03. The molecular weight excluding hydrogens is 733 g/mol. The van der Waals surface area contributed by atoms with Gasteiger partial charge in [-0.05, 0) is 164 Å². The zero-order valence-corrected chi connectivity index (χ0v) is 34.5. The molecule has 0 aliphatic heterocycles. The summed E-state index contributed by atoms with van der Waals surface area (Å²) in [7, 11) is 0. The third-order valence-corrected chi connectivity index (χ3v) is 14.1. The Kier molecular flexibility index (Phi) is 8.12. The van der Waals surface area contributed by atoms with Gasteiger partial charge in [0.2, 0.25) is 0 Å². The van der Waals surface area contributed by atoms with Crippen molar-refractivity contribution in [3.05, 3.63) is 217 Å². The maximum Gasteiger partial charge on any atom is 0.0210 e. The fourth-order valence-corrected chi connectivity index (χ4v) is 11.2. The number of fused-ring (bicyclic) bond motifs is 10. The number of hydrogen-bond acceptors (Lipinski definition) is 0. The van der Waals surface area contributed by atoms with E-state index in [1.807, 2.05) is 0 Å². The molecule has 0 heterocycles. The lowest BCUT2D eigenvalue weighted by atomic mass is 9.72. The van der Waals surface area contributed by atoms with E-state index in [0.29, 0.717) is 0 Å². The lowest BCUT2D eigenvalue weighted by Gasteiger charge is -2.30. The Morgan fingerprint density at radius 3 is 1.16 bits per heavy atom. The van der Waals surface area contributed by atoms with Crippen LogP contribution in [0.2, 0.25) is 0 Å². The minimum absolute atomic E-state index is 0.134. The van der Waals surface area contributed by atoms with Crippen molar-refractivity contribution in [2.75, 3.05) is 0 Å². The lowest BCUT2D eigenvalue weighted by Crippen LogP contribution is -2.23. The zero-order chi connectivity index (χ0) is 40.7. The molecule has 0 unspecified atom stereocenters. The van der Waals surface area contributed by atoms with Crippen molar-refractivity contribution in [1.82, 2.24) is 0 Å². The quantitative estimate of drug-likeness (QED) is 0.117. The highest BCUT2D eigenvalue weighted by Gasteiger charge is 2.41. The summed E-state index contributed by atoms with van der Waals surface area (Å²) in [4.78, 5) is 0. The van der Waals surface area contributed by atoms with Crippen molar-refractivity contribution in [2.24, 2.45) is 0 Å². The summed E-state index contributed by atoms with van der Waals surface area (Å²) >= 11 is 0. The molecule has 288 valence electrons. The highest BCUT2D eigenvalue weighted by atomic mass is 14.4. The maximum absolute atomic E-state index is 2.60. The molecule has 0 bridgehead atoms. The van der Waals surface area contributed by atoms with E-state index >= 15 is 0 Å². The first kappa shape index (κ1) is 35.6. The SMILES string of the molecule is CCC1(CC)c2cc(-c3cc4c5ccccc5c(-c5ccccc5)cc4c4ccccc34)ccc2-c2cc3c(-c4ccccc4)c4ccccc4c(-c4ccccc4)c3cc21. The molecule has 0 atom stereocenters. The Morgan fingerprint density at radius 2 is 0.656 bits per heavy atom. The molecule has 0 heteroatoms. The molecule has 61 heavy (non-hydrogen) atoms. The summed E-state index contributed by atoms with van der Waals surface area (Å²) in [5.41, 5.74) is 15.7. The minimum Gasteiger partial charge on any atom is -0.0642 e. The van der Waals surface area contributed by atoms with Crippen molar-refractivity contribution in [1.29, 1.82) is 0 Å². The van der Waals surface area contributed by atoms with Gasteiger partial charge >= 0.3 is 0 Å². The van der Waals surface area contributed by atoms with Crippen molar-refractivity contribution in [3.8, 4) is 55.6 Å². The molecule has 1 aliphatic rings. The normalized spacial score (nSPS) is 13.0. The van der Waals surface area contributed by atoms with Crippen LogP contribution in [0.5, 0.6) is 0 Å². The molecular formula is C61H44. The van der Waals surface area contributed by atoms with Crippen LogP contribution in [0.25, 0.3) is 109 Å². The van der Waals surface area contributed by atoms with Gasteiger partial charge in [-0.3, -0.25) is 0 Å². The van der Waals surface area contributed by atoms with Crippen LogP contribution in [0.3, 0.4) is 0 Å². The van der Waals surface area contributed by atoms with Crippen LogP contribution in [-0.2, 0) is 5.41 Å². The van der Waals surface area contributed by atoms with Gasteiger partial charge in [-0.1, -0.05) is 190 Å². The van der Waals surface area contributed by atoms with E-state index in [-0.39, 0.29) is 5.41 Å². The molecule has 0 saturated heterocycles. The van der Waals surface area contributed by atoms with Crippen molar-refractivity contribution in [3.63, 3.8) is 0 Å². The lowest BCUT2D eigenvalue weighted by molar-refractivity contribution is 0.491. The van der Waals surface area contributed by atoms with Crippen LogP contribution in [-0.4, -0.2) is 0 Å². The third-order valence-electron chi connectivity index (χ3n) is 14.1. The Hall–Kier alpha value is -7.28. The largest absolute Gasteiger partial charge is 0.0642 e. The predicted octanol–water partition coefficient (Wildman–Crippen LogP) is 17.2. The van der Waals surface area contributed by atoms with Crippen molar-refractivity contribution >= 4 is 53.9 Å². The van der Waals surface area contributed by atoms with Crippen molar-refractivity contribution in [2.45, 2.75) is 32.1 Å². The minimum atomic E-state index is -0.134. The van der Waals surface area contributed by atoms with E-state index < -0.39 is 0 Å². The second kappa shape index (κ2) is 13.9. The molecule has 11 aromatic carbocycles. The van der Waals surface area contributed by atoms with Gasteiger partial charge in [-0.15, -0.1) is 0 Å². The fourth-order valence-electron chi connectivity index (χ4n) is 11.2. The molecule has 12 rings (SSSR count). The third kappa shape index (κ3) is 5.25. The second-order valence-electron chi connectivity index (χ2n) is 16.9. The van der Waals surface area contributed by atoms with Crippen LogP contribution in [0.1, 0.15) is 37.8 Å². The topological polar surface area (TPSA) is 0 Å². The van der Waals surface area contributed by atoms with E-state index in [1.165, 1.54) is 121 Å². The fraction of sp³-hybridized carbons (Fsp3) is 0.0820. The van der Waals surface area contributed by atoms with Crippen LogP contribution in [0.15, 0.2) is 206 Å². The molecule has 0 amide bonds. The van der Waals surface area contributed by atoms with E-state index in [2.05, 4.69) is 220 Å². The van der Waals surface area contributed by atoms with Crippen LogP contribution < -0.4 is 0 Å². The molecule has 0 aromatic heterocycles. The predicted molar refractivity (Wildman–Crippen MR) is 263 cm³/mol. The molecule has 1 aliphatic carbocycles. The van der Waals surface area contributed by atoms with E-state index in [0.717, 1.165) is 12.8 Å². The monoisotopic (exact) mass is 776 g/mol. The average molecular weight is 777 g/mol. The summed E-state index contributed by atoms with van der Waals surface area (Å²) in [5, 5.41) is 13.0. The van der Waals surface area contributed by atoms with Gasteiger partial charge in [0.15, 0.2) is 0 Å². The summed E-state index contributed by atoms with van der Waals surface area (Å²) < 4.78 is 0. The highest BCUT2D eigenvalue weighted by Crippen LogP contribution is 2.57. The summed E-state index contributed by atoms with van der Waals surface area (Å²) in [6, 6.07) is 77.4. The molecule has 0 radical (unpaired) electrons. The van der Waals surface area contributed by atoms with E-state index in [1.54, 1.807) is 0 Å². The highest BCUT2D eigenvalue weighted by molar-refractivity contribution is 6.25. The average Bonchev–Trinajstić information content (AvgIpc) is 3.60. The number of hydrogen-bond donors (Lipinski definition) is 0. The van der Waals surface area contributed by atoms with Gasteiger partial charge in [0, 0.05) is 5.41 Å². The van der Waals surface area contributed by atoms with Gasteiger partial charge in [0.05, 0.1) is 0 Å². The van der Waals surface area contributed by atoms with Gasteiger partial charge in [0.25, 0.3) is 0 Å². The molecule has 11 aromatic rings. The second-order valence-corrected chi connectivity index (χ2v) is 16.9. The maximum atomic E-state index is 2.60. The number of benzene rings is 11. The van der Waals surface area contributed by atoms with Crippen molar-refractivity contribution < 1.29 is 0 Å². The first-order valence-electron chi connectivity index (χ1n) is 21.9. The molecule has 0 fully saturated rings. The Labute approximate surface area is 357 Å². The first-order chi connectivity index (χ1) is 30.2. The molecule has 0 saturated carbocycles. The first-order valence-corrected chi connectivity index (χ1v) is 21.9. The smallest absolute Gasteiger partial charge is 0.0210 e. The van der Waals surface area contributed by atoms with Gasteiger partial charge < -0.3 is 0 Å². The van der Waals surface area contributed by atoms with Gasteiger partial charge in [-0.25, -0.2) is 0 Å². The number of rotatable bonds is 6. The summed E-state index contributed by atoms with van der Waals surface area (Å²) in [6.45, 7) is 4.80. The van der Waals surface area contributed by atoms with Crippen LogP contribution >= 0.6 is 0 Å². The zero-order valence-electron chi connectivity index (χ0n) is 34.5. The molecule has 0 N–H and O–H groups in total. The Morgan fingerprint density at radius 1 is 0.262 bits per heavy atom. The molecule has 0 spiro atoms. The Balaban J connectivity index is 1.13. The van der Waals surface area contributed by atoms with Crippen LogP contribution in [0.4, 0.5) is 0 Å². The Bertz CT molecular complexity index is 3520. The van der Waals surface area contributed by atoms with E-state index in [9.17, 15) is 0 Å². The van der Waals surface area contributed by atoms with Gasteiger partial charge in [0.1, 0.15) is 0 Å². The van der Waals surface area contributed by atoms with Gasteiger partial charge in [-0.2, -0.15) is 0 Å². The van der Waals surface area contributed by atoms with Crippen LogP contribution in [0, 0.1) is 0 Å². The summed E-state index contributed by atoms with van der Waals surface area (Å²) in [5.74, 6) is 0.